The van der Waals surface area contributed by atoms with E-state index in [0.29, 0.717) is 12.6 Å². The second-order valence-corrected chi connectivity index (χ2v) is 5.91. The second kappa shape index (κ2) is 8.54. The molecule has 1 atom stereocenters. The van der Waals surface area contributed by atoms with Gasteiger partial charge in [-0.25, -0.2) is 0 Å². The summed E-state index contributed by atoms with van der Waals surface area (Å²) >= 11 is 0. The van der Waals surface area contributed by atoms with Gasteiger partial charge in [-0.3, -0.25) is 4.79 Å². The van der Waals surface area contributed by atoms with Crippen LogP contribution in [0.15, 0.2) is 0 Å². The van der Waals surface area contributed by atoms with Crippen LogP contribution in [0.4, 0.5) is 0 Å². The summed E-state index contributed by atoms with van der Waals surface area (Å²) in [6, 6.07) is 0. The Morgan fingerprint density at radius 1 is 1.37 bits per heavy atom. The zero-order valence-corrected chi connectivity index (χ0v) is 12.5. The first-order valence-corrected chi connectivity index (χ1v) is 7.75. The molecule has 0 saturated heterocycles. The molecule has 1 aliphatic rings. The van der Waals surface area contributed by atoms with E-state index in [1.807, 2.05) is 6.92 Å². The maximum atomic E-state index is 11.8. The van der Waals surface area contributed by atoms with E-state index in [2.05, 4.69) is 5.32 Å². The van der Waals surface area contributed by atoms with Gasteiger partial charge in [0.2, 0.25) is 5.91 Å². The molecule has 0 aromatic heterocycles. The van der Waals surface area contributed by atoms with Crippen molar-refractivity contribution in [2.45, 2.75) is 76.9 Å². The fraction of sp³-hybridized carbons (Fsp3) is 0.933. The predicted octanol–water partition coefficient (Wildman–Crippen LogP) is 2.36. The molecule has 0 aliphatic heterocycles. The molecule has 19 heavy (non-hydrogen) atoms. The van der Waals surface area contributed by atoms with Crippen LogP contribution in [0.2, 0.25) is 0 Å². The molecule has 1 rings (SSSR count). The van der Waals surface area contributed by atoms with Gasteiger partial charge in [-0.05, 0) is 32.6 Å². The Morgan fingerprint density at radius 3 is 2.68 bits per heavy atom. The fourth-order valence-corrected chi connectivity index (χ4v) is 2.59. The van der Waals surface area contributed by atoms with E-state index >= 15 is 0 Å². The van der Waals surface area contributed by atoms with E-state index < -0.39 is 5.54 Å². The molecule has 1 saturated carbocycles. The van der Waals surface area contributed by atoms with Crippen molar-refractivity contribution in [2.75, 3.05) is 13.2 Å². The lowest BCUT2D eigenvalue weighted by Gasteiger charge is -2.23. The lowest BCUT2D eigenvalue weighted by atomic mass is 9.96. The largest absolute Gasteiger partial charge is 0.378 e. The summed E-state index contributed by atoms with van der Waals surface area (Å²) in [5, 5.41) is 2.90. The van der Waals surface area contributed by atoms with Gasteiger partial charge in [0.25, 0.3) is 0 Å². The number of nitrogens with one attached hydrogen (secondary N) is 1. The van der Waals surface area contributed by atoms with Crippen molar-refractivity contribution in [3.8, 4) is 0 Å². The highest BCUT2D eigenvalue weighted by molar-refractivity contribution is 5.85. The van der Waals surface area contributed by atoms with Crippen molar-refractivity contribution in [2.24, 2.45) is 5.73 Å². The Morgan fingerprint density at radius 2 is 2.05 bits per heavy atom. The quantitative estimate of drug-likeness (QED) is 0.665. The SMILES string of the molecule is CCCC(C)(N)C(=O)NCCCOC1CCCCC1. The predicted molar refractivity (Wildman–Crippen MR) is 78.0 cm³/mol. The molecule has 1 amide bonds. The maximum absolute atomic E-state index is 11.8. The van der Waals surface area contributed by atoms with Crippen LogP contribution < -0.4 is 11.1 Å². The number of rotatable bonds is 8. The molecule has 1 unspecified atom stereocenters. The van der Waals surface area contributed by atoms with E-state index in [1.165, 1.54) is 32.1 Å². The van der Waals surface area contributed by atoms with Gasteiger partial charge in [0.05, 0.1) is 11.6 Å². The number of amides is 1. The van der Waals surface area contributed by atoms with Crippen LogP contribution in [0.3, 0.4) is 0 Å². The van der Waals surface area contributed by atoms with Gasteiger partial charge < -0.3 is 15.8 Å². The van der Waals surface area contributed by atoms with E-state index in [9.17, 15) is 4.79 Å². The Labute approximate surface area is 117 Å². The van der Waals surface area contributed by atoms with E-state index in [-0.39, 0.29) is 5.91 Å². The van der Waals surface area contributed by atoms with Crippen LogP contribution in [0, 0.1) is 0 Å². The van der Waals surface area contributed by atoms with Crippen LogP contribution in [0.5, 0.6) is 0 Å². The molecule has 1 fully saturated rings. The molecule has 0 spiro atoms. The minimum Gasteiger partial charge on any atom is -0.378 e. The average molecular weight is 270 g/mol. The molecule has 0 aromatic carbocycles. The number of hydrogen-bond donors (Lipinski definition) is 2. The zero-order chi connectivity index (χ0) is 14.1. The van der Waals surface area contributed by atoms with Crippen molar-refractivity contribution in [1.29, 1.82) is 0 Å². The molecule has 0 heterocycles. The van der Waals surface area contributed by atoms with Crippen molar-refractivity contribution < 1.29 is 9.53 Å². The molecular formula is C15H30N2O2. The second-order valence-electron chi connectivity index (χ2n) is 5.91. The lowest BCUT2D eigenvalue weighted by Crippen LogP contribution is -2.51. The maximum Gasteiger partial charge on any atom is 0.239 e. The van der Waals surface area contributed by atoms with Crippen LogP contribution in [0.1, 0.15) is 65.2 Å². The fourth-order valence-electron chi connectivity index (χ4n) is 2.59. The standard InChI is InChI=1S/C15H30N2O2/c1-3-10-15(2,16)14(18)17-11-7-12-19-13-8-5-4-6-9-13/h13H,3-12,16H2,1-2H3,(H,17,18). The number of carbonyl (C=O) groups excluding carboxylic acids is 1. The molecular weight excluding hydrogens is 240 g/mol. The first-order valence-electron chi connectivity index (χ1n) is 7.75. The first-order chi connectivity index (χ1) is 9.06. The summed E-state index contributed by atoms with van der Waals surface area (Å²) in [7, 11) is 0. The van der Waals surface area contributed by atoms with Gasteiger partial charge in [0, 0.05) is 13.2 Å². The summed E-state index contributed by atoms with van der Waals surface area (Å²) in [6.07, 6.45) is 9.29. The third-order valence-corrected chi connectivity index (χ3v) is 3.80. The molecule has 112 valence electrons. The molecule has 1 aliphatic carbocycles. The number of carbonyl (C=O) groups is 1. The van der Waals surface area contributed by atoms with E-state index in [0.717, 1.165) is 25.9 Å². The summed E-state index contributed by atoms with van der Waals surface area (Å²) in [4.78, 5) is 11.8. The lowest BCUT2D eigenvalue weighted by molar-refractivity contribution is -0.126. The third-order valence-electron chi connectivity index (χ3n) is 3.80. The molecule has 0 bridgehead atoms. The highest BCUT2D eigenvalue weighted by Gasteiger charge is 2.26. The van der Waals surface area contributed by atoms with Crippen LogP contribution >= 0.6 is 0 Å². The van der Waals surface area contributed by atoms with Gasteiger partial charge in [0.1, 0.15) is 0 Å². The zero-order valence-electron chi connectivity index (χ0n) is 12.5. The minimum atomic E-state index is -0.737. The van der Waals surface area contributed by atoms with Crippen LogP contribution in [-0.4, -0.2) is 30.7 Å². The topological polar surface area (TPSA) is 64.4 Å². The highest BCUT2D eigenvalue weighted by atomic mass is 16.5. The van der Waals surface area contributed by atoms with Crippen molar-refractivity contribution in [3.05, 3.63) is 0 Å². The minimum absolute atomic E-state index is 0.0491. The summed E-state index contributed by atoms with van der Waals surface area (Å²) < 4.78 is 5.82. The Bertz CT molecular complexity index is 261. The van der Waals surface area contributed by atoms with Gasteiger partial charge in [-0.15, -0.1) is 0 Å². The third kappa shape index (κ3) is 6.39. The number of hydrogen-bond acceptors (Lipinski definition) is 3. The number of ether oxygens (including phenoxy) is 1. The van der Waals surface area contributed by atoms with Crippen molar-refractivity contribution in [3.63, 3.8) is 0 Å². The summed E-state index contributed by atoms with van der Waals surface area (Å²) in [5.74, 6) is -0.0491. The van der Waals surface area contributed by atoms with E-state index in [4.69, 9.17) is 10.5 Å². The van der Waals surface area contributed by atoms with E-state index in [1.54, 1.807) is 6.92 Å². The highest BCUT2D eigenvalue weighted by Crippen LogP contribution is 2.20. The van der Waals surface area contributed by atoms with Crippen LogP contribution in [0.25, 0.3) is 0 Å². The average Bonchev–Trinajstić information content (AvgIpc) is 2.39. The van der Waals surface area contributed by atoms with Gasteiger partial charge in [-0.1, -0.05) is 32.6 Å². The summed E-state index contributed by atoms with van der Waals surface area (Å²) in [5.41, 5.74) is 5.22. The molecule has 4 nitrogen and oxygen atoms in total. The van der Waals surface area contributed by atoms with Crippen LogP contribution in [-0.2, 0) is 9.53 Å². The van der Waals surface area contributed by atoms with Gasteiger partial charge in [0.15, 0.2) is 0 Å². The Hall–Kier alpha value is -0.610. The summed E-state index contributed by atoms with van der Waals surface area (Å²) in [6.45, 7) is 5.23. The normalized spacial score (nSPS) is 19.9. The monoisotopic (exact) mass is 270 g/mol. The molecule has 4 heteroatoms. The molecule has 0 radical (unpaired) electrons. The first kappa shape index (κ1) is 16.4. The molecule has 0 aromatic rings. The Balaban J connectivity index is 2.05. The Kier molecular flexibility index (Phi) is 7.39. The number of nitrogens with two attached hydrogens (primary N) is 1. The van der Waals surface area contributed by atoms with Gasteiger partial charge in [-0.2, -0.15) is 0 Å². The smallest absolute Gasteiger partial charge is 0.239 e. The van der Waals surface area contributed by atoms with Crippen molar-refractivity contribution >= 4 is 5.91 Å². The van der Waals surface area contributed by atoms with Crippen molar-refractivity contribution in [1.82, 2.24) is 5.32 Å². The molecule has 3 N–H and O–H groups in total. The van der Waals surface area contributed by atoms with Gasteiger partial charge >= 0.3 is 0 Å².